The lowest BCUT2D eigenvalue weighted by Gasteiger charge is -2.20. The summed E-state index contributed by atoms with van der Waals surface area (Å²) in [6.45, 7) is 3.88. The number of amides is 1. The van der Waals surface area contributed by atoms with Crippen molar-refractivity contribution in [2.75, 3.05) is 20.3 Å². The number of carbonyl (C=O) groups is 1. The highest BCUT2D eigenvalue weighted by Crippen LogP contribution is 1.98. The molecule has 0 aliphatic carbocycles. The molecule has 0 saturated heterocycles. The van der Waals surface area contributed by atoms with Gasteiger partial charge < -0.3 is 20.9 Å². The average Bonchev–Trinajstić information content (AvgIpc) is 2.15. The van der Waals surface area contributed by atoms with E-state index < -0.39 is 6.04 Å². The molecule has 0 fully saturated rings. The maximum absolute atomic E-state index is 11.4. The van der Waals surface area contributed by atoms with Gasteiger partial charge in [0.1, 0.15) is 0 Å². The molecule has 4 N–H and O–H groups in total. The number of carbonyl (C=O) groups excluding carboxylic acids is 1. The van der Waals surface area contributed by atoms with E-state index in [1.807, 2.05) is 13.8 Å². The van der Waals surface area contributed by atoms with E-state index >= 15 is 0 Å². The molecular formula is C9H20N2O3. The topological polar surface area (TPSA) is 84.6 Å². The third-order valence-electron chi connectivity index (χ3n) is 1.96. The van der Waals surface area contributed by atoms with E-state index in [1.165, 1.54) is 7.11 Å². The number of hydrogen-bond acceptors (Lipinski definition) is 4. The summed E-state index contributed by atoms with van der Waals surface area (Å²) in [5.41, 5.74) is 5.62. The van der Waals surface area contributed by atoms with Crippen LogP contribution in [0.25, 0.3) is 0 Å². The van der Waals surface area contributed by atoms with Gasteiger partial charge in [0.2, 0.25) is 5.91 Å². The van der Waals surface area contributed by atoms with Crippen LogP contribution < -0.4 is 11.1 Å². The predicted molar refractivity (Wildman–Crippen MR) is 53.7 cm³/mol. The van der Waals surface area contributed by atoms with Crippen molar-refractivity contribution in [2.24, 2.45) is 11.7 Å². The van der Waals surface area contributed by atoms with Crippen LogP contribution in [0.4, 0.5) is 0 Å². The summed E-state index contributed by atoms with van der Waals surface area (Å²) in [6.07, 6.45) is 0. The molecule has 0 aromatic rings. The molecule has 84 valence electrons. The van der Waals surface area contributed by atoms with E-state index in [0.29, 0.717) is 0 Å². The fraction of sp³-hybridized carbons (Fsp3) is 0.889. The molecule has 0 radical (unpaired) electrons. The van der Waals surface area contributed by atoms with Crippen molar-refractivity contribution in [3.05, 3.63) is 0 Å². The van der Waals surface area contributed by atoms with Crippen LogP contribution in [-0.4, -0.2) is 43.4 Å². The van der Waals surface area contributed by atoms with E-state index in [1.54, 1.807) is 0 Å². The Labute approximate surface area is 84.6 Å². The number of methoxy groups -OCH3 is 1. The van der Waals surface area contributed by atoms with Gasteiger partial charge in [0.05, 0.1) is 25.3 Å². The van der Waals surface area contributed by atoms with Crippen molar-refractivity contribution in [1.82, 2.24) is 5.32 Å². The average molecular weight is 204 g/mol. The van der Waals surface area contributed by atoms with E-state index in [-0.39, 0.29) is 31.1 Å². The molecule has 0 rings (SSSR count). The molecule has 5 nitrogen and oxygen atoms in total. The molecule has 0 aliphatic heterocycles. The molecule has 1 amide bonds. The quantitative estimate of drug-likeness (QED) is 0.523. The van der Waals surface area contributed by atoms with Crippen molar-refractivity contribution >= 4 is 5.91 Å². The van der Waals surface area contributed by atoms with Crippen LogP contribution in [-0.2, 0) is 9.53 Å². The second-order valence-electron chi connectivity index (χ2n) is 3.61. The molecule has 0 spiro atoms. The zero-order valence-corrected chi connectivity index (χ0v) is 8.99. The van der Waals surface area contributed by atoms with Gasteiger partial charge in [0.25, 0.3) is 0 Å². The van der Waals surface area contributed by atoms with Gasteiger partial charge in [-0.2, -0.15) is 0 Å². The lowest BCUT2D eigenvalue weighted by atomic mass is 10.0. The maximum Gasteiger partial charge on any atom is 0.237 e. The Hall–Kier alpha value is -0.650. The number of aliphatic hydroxyl groups excluding tert-OH is 1. The normalized spacial score (nSPS) is 15.3. The molecule has 2 unspecified atom stereocenters. The smallest absolute Gasteiger partial charge is 0.237 e. The molecule has 2 atom stereocenters. The van der Waals surface area contributed by atoms with Crippen LogP contribution in [0.2, 0.25) is 0 Å². The van der Waals surface area contributed by atoms with Crippen molar-refractivity contribution < 1.29 is 14.6 Å². The fourth-order valence-electron chi connectivity index (χ4n) is 0.941. The number of hydrogen-bond donors (Lipinski definition) is 3. The molecular weight excluding hydrogens is 184 g/mol. The minimum atomic E-state index is -0.541. The Bertz CT molecular complexity index is 173. The minimum Gasteiger partial charge on any atom is -0.394 e. The predicted octanol–water partition coefficient (Wildman–Crippen LogP) is -0.907. The molecule has 14 heavy (non-hydrogen) atoms. The van der Waals surface area contributed by atoms with Gasteiger partial charge in [0, 0.05) is 7.11 Å². The van der Waals surface area contributed by atoms with Crippen LogP contribution in [0.5, 0.6) is 0 Å². The summed E-state index contributed by atoms with van der Waals surface area (Å²) in [4.78, 5) is 11.4. The monoisotopic (exact) mass is 204 g/mol. The van der Waals surface area contributed by atoms with Crippen molar-refractivity contribution in [3.63, 3.8) is 0 Å². The summed E-state index contributed by atoms with van der Waals surface area (Å²) >= 11 is 0. The van der Waals surface area contributed by atoms with E-state index in [4.69, 9.17) is 15.6 Å². The van der Waals surface area contributed by atoms with Crippen molar-refractivity contribution in [2.45, 2.75) is 25.9 Å². The zero-order chi connectivity index (χ0) is 11.1. The number of rotatable bonds is 6. The highest BCUT2D eigenvalue weighted by atomic mass is 16.5. The lowest BCUT2D eigenvalue weighted by molar-refractivity contribution is -0.124. The Balaban J connectivity index is 4.01. The molecule has 0 aromatic heterocycles. The van der Waals surface area contributed by atoms with Crippen LogP contribution >= 0.6 is 0 Å². The fourth-order valence-corrected chi connectivity index (χ4v) is 0.941. The van der Waals surface area contributed by atoms with Crippen molar-refractivity contribution in [3.8, 4) is 0 Å². The number of ether oxygens (including phenoxy) is 1. The van der Waals surface area contributed by atoms with Gasteiger partial charge in [-0.1, -0.05) is 13.8 Å². The Morgan fingerprint density at radius 2 is 2.14 bits per heavy atom. The number of aliphatic hydroxyl groups is 1. The van der Waals surface area contributed by atoms with Crippen LogP contribution in [0, 0.1) is 5.92 Å². The molecule has 5 heteroatoms. The van der Waals surface area contributed by atoms with Crippen molar-refractivity contribution in [1.29, 1.82) is 0 Å². The van der Waals surface area contributed by atoms with Gasteiger partial charge in [0.15, 0.2) is 0 Å². The first-order valence-electron chi connectivity index (χ1n) is 4.68. The summed E-state index contributed by atoms with van der Waals surface area (Å²) < 4.78 is 4.82. The van der Waals surface area contributed by atoms with E-state index in [9.17, 15) is 4.79 Å². The largest absolute Gasteiger partial charge is 0.394 e. The van der Waals surface area contributed by atoms with Gasteiger partial charge in [-0.25, -0.2) is 0 Å². The Morgan fingerprint density at radius 1 is 1.57 bits per heavy atom. The SMILES string of the molecule is COCC(CO)NC(=O)C(N)C(C)C. The summed E-state index contributed by atoms with van der Waals surface area (Å²) in [5.74, 6) is -0.173. The molecule has 0 heterocycles. The second kappa shape index (κ2) is 6.75. The van der Waals surface area contributed by atoms with Crippen LogP contribution in [0.3, 0.4) is 0 Å². The summed E-state index contributed by atoms with van der Waals surface area (Å²) in [7, 11) is 1.51. The Morgan fingerprint density at radius 3 is 2.50 bits per heavy atom. The Kier molecular flexibility index (Phi) is 6.44. The summed E-state index contributed by atoms with van der Waals surface area (Å²) in [5, 5.41) is 11.5. The van der Waals surface area contributed by atoms with Gasteiger partial charge in [-0.15, -0.1) is 0 Å². The summed E-state index contributed by atoms with van der Waals surface area (Å²) in [6, 6.07) is -0.918. The van der Waals surface area contributed by atoms with Crippen LogP contribution in [0.15, 0.2) is 0 Å². The van der Waals surface area contributed by atoms with E-state index in [2.05, 4.69) is 5.32 Å². The zero-order valence-electron chi connectivity index (χ0n) is 8.99. The standard InChI is InChI=1S/C9H20N2O3/c1-6(2)8(10)9(13)11-7(4-12)5-14-3/h6-8,12H,4-5,10H2,1-3H3,(H,11,13). The van der Waals surface area contributed by atoms with Gasteiger partial charge in [-0.3, -0.25) is 4.79 Å². The first-order valence-corrected chi connectivity index (χ1v) is 4.68. The molecule has 0 aliphatic rings. The third kappa shape index (κ3) is 4.55. The van der Waals surface area contributed by atoms with Crippen LogP contribution in [0.1, 0.15) is 13.8 Å². The van der Waals surface area contributed by atoms with Gasteiger partial charge >= 0.3 is 0 Å². The molecule has 0 bridgehead atoms. The first-order chi connectivity index (χ1) is 6.52. The molecule has 0 saturated carbocycles. The van der Waals surface area contributed by atoms with Gasteiger partial charge in [-0.05, 0) is 5.92 Å². The third-order valence-corrected chi connectivity index (χ3v) is 1.96. The number of nitrogens with two attached hydrogens (primary N) is 1. The number of nitrogens with one attached hydrogen (secondary N) is 1. The minimum absolute atomic E-state index is 0.0805. The maximum atomic E-state index is 11.4. The van der Waals surface area contributed by atoms with E-state index in [0.717, 1.165) is 0 Å². The highest BCUT2D eigenvalue weighted by molar-refractivity contribution is 5.82. The highest BCUT2D eigenvalue weighted by Gasteiger charge is 2.19. The molecule has 0 aromatic carbocycles. The first kappa shape index (κ1) is 13.4. The lowest BCUT2D eigenvalue weighted by Crippen LogP contribution is -2.50. The second-order valence-corrected chi connectivity index (χ2v) is 3.61.